The van der Waals surface area contributed by atoms with Crippen molar-refractivity contribution in [3.63, 3.8) is 0 Å². The third-order valence-electron chi connectivity index (χ3n) is 5.59. The number of carbonyl (C=O) groups excluding carboxylic acids is 3. The molecule has 1 heterocycles. The summed E-state index contributed by atoms with van der Waals surface area (Å²) in [6.07, 6.45) is 2.36. The van der Waals surface area contributed by atoms with E-state index in [1.807, 2.05) is 54.6 Å². The number of nitrogens with one attached hydrogen (secondary N) is 4. The molecule has 8 nitrogen and oxygen atoms in total. The van der Waals surface area contributed by atoms with Gasteiger partial charge in [-0.3, -0.25) is 14.6 Å². The highest BCUT2D eigenvalue weighted by Gasteiger charge is 2.10. The van der Waals surface area contributed by atoms with Gasteiger partial charge in [-0.15, -0.1) is 0 Å². The van der Waals surface area contributed by atoms with Crippen molar-refractivity contribution in [3.8, 4) is 0 Å². The topological polar surface area (TPSA) is 112 Å². The van der Waals surface area contributed by atoms with Gasteiger partial charge in [0.15, 0.2) is 0 Å². The van der Waals surface area contributed by atoms with Gasteiger partial charge in [-0.1, -0.05) is 48.5 Å². The number of anilines is 2. The van der Waals surface area contributed by atoms with Crippen LogP contribution in [0.15, 0.2) is 89.5 Å². The van der Waals surface area contributed by atoms with Crippen LogP contribution in [0.1, 0.15) is 22.5 Å². The van der Waals surface area contributed by atoms with E-state index in [9.17, 15) is 14.4 Å². The van der Waals surface area contributed by atoms with Gasteiger partial charge in [-0.2, -0.15) is 0 Å². The fourth-order valence-electron chi connectivity index (χ4n) is 3.72. The molecular weight excluding hydrogens is 534 g/mol. The average molecular weight is 560 g/mol. The van der Waals surface area contributed by atoms with Crippen molar-refractivity contribution < 1.29 is 14.4 Å². The molecule has 0 fully saturated rings. The van der Waals surface area contributed by atoms with Crippen LogP contribution in [0.2, 0.25) is 0 Å². The number of halogens is 1. The van der Waals surface area contributed by atoms with Gasteiger partial charge in [0, 0.05) is 35.6 Å². The Morgan fingerprint density at radius 1 is 0.784 bits per heavy atom. The summed E-state index contributed by atoms with van der Waals surface area (Å²) in [5.74, 6) is -0.440. The van der Waals surface area contributed by atoms with E-state index in [1.165, 1.54) is 0 Å². The number of rotatable bonds is 9. The molecule has 0 spiro atoms. The summed E-state index contributed by atoms with van der Waals surface area (Å²) in [6, 6.07) is 23.9. The van der Waals surface area contributed by atoms with Crippen LogP contribution in [0.3, 0.4) is 0 Å². The molecule has 0 bridgehead atoms. The van der Waals surface area contributed by atoms with Crippen molar-refractivity contribution in [1.29, 1.82) is 0 Å². The summed E-state index contributed by atoms with van der Waals surface area (Å²) in [6.45, 7) is 0.672. The molecule has 4 N–H and O–H groups in total. The first-order valence-corrected chi connectivity index (χ1v) is 12.6. The molecule has 4 rings (SSSR count). The van der Waals surface area contributed by atoms with Crippen LogP contribution < -0.4 is 21.3 Å². The first kappa shape index (κ1) is 25.8. The van der Waals surface area contributed by atoms with Crippen LogP contribution in [-0.2, 0) is 11.2 Å². The lowest BCUT2D eigenvalue weighted by molar-refractivity contribution is -0.120. The first-order valence-electron chi connectivity index (χ1n) is 11.8. The molecule has 0 saturated carbocycles. The molecule has 4 amide bonds. The molecule has 188 valence electrons. The van der Waals surface area contributed by atoms with E-state index in [4.69, 9.17) is 0 Å². The number of fused-ring (bicyclic) bond motifs is 1. The van der Waals surface area contributed by atoms with Gasteiger partial charge in [0.1, 0.15) is 5.69 Å². The predicted octanol–water partition coefficient (Wildman–Crippen LogP) is 5.12. The van der Waals surface area contributed by atoms with Gasteiger partial charge >= 0.3 is 6.03 Å². The van der Waals surface area contributed by atoms with Crippen molar-refractivity contribution >= 4 is 55.9 Å². The number of hydrogen-bond donors (Lipinski definition) is 4. The quantitative estimate of drug-likeness (QED) is 0.228. The highest BCUT2D eigenvalue weighted by molar-refractivity contribution is 9.10. The van der Waals surface area contributed by atoms with Crippen molar-refractivity contribution in [2.24, 2.45) is 0 Å². The number of nitrogens with zero attached hydrogens (tertiary/aromatic N) is 1. The van der Waals surface area contributed by atoms with E-state index in [2.05, 4.69) is 42.2 Å². The molecular formula is C28H26BrN5O3. The van der Waals surface area contributed by atoms with E-state index in [-0.39, 0.29) is 30.8 Å². The molecule has 0 atom stereocenters. The summed E-state index contributed by atoms with van der Waals surface area (Å²) < 4.78 is 0.738. The van der Waals surface area contributed by atoms with E-state index < -0.39 is 0 Å². The minimum Gasteiger partial charge on any atom is -0.356 e. The maximum atomic E-state index is 12.3. The van der Waals surface area contributed by atoms with Crippen LogP contribution in [0.5, 0.6) is 0 Å². The summed E-state index contributed by atoms with van der Waals surface area (Å²) >= 11 is 3.49. The Hall–Kier alpha value is -4.24. The third-order valence-corrected chi connectivity index (χ3v) is 6.25. The van der Waals surface area contributed by atoms with Gasteiger partial charge in [-0.25, -0.2) is 4.79 Å². The molecule has 0 aliphatic heterocycles. The summed E-state index contributed by atoms with van der Waals surface area (Å²) in [7, 11) is 0. The molecule has 0 radical (unpaired) electrons. The number of urea groups is 1. The van der Waals surface area contributed by atoms with E-state index >= 15 is 0 Å². The van der Waals surface area contributed by atoms with Crippen LogP contribution in [0.4, 0.5) is 16.2 Å². The fourth-order valence-corrected chi connectivity index (χ4v) is 4.25. The highest BCUT2D eigenvalue weighted by Crippen LogP contribution is 2.25. The van der Waals surface area contributed by atoms with Crippen LogP contribution >= 0.6 is 15.9 Å². The molecule has 0 aliphatic rings. The molecule has 1 aromatic heterocycles. The van der Waals surface area contributed by atoms with E-state index in [0.717, 1.165) is 20.8 Å². The number of amides is 4. The van der Waals surface area contributed by atoms with E-state index in [1.54, 1.807) is 30.5 Å². The zero-order valence-electron chi connectivity index (χ0n) is 20.0. The van der Waals surface area contributed by atoms with Crippen molar-refractivity contribution in [2.75, 3.05) is 23.7 Å². The first-order chi connectivity index (χ1) is 18.0. The van der Waals surface area contributed by atoms with Gasteiger partial charge in [0.25, 0.3) is 5.91 Å². The predicted molar refractivity (Wildman–Crippen MR) is 149 cm³/mol. The third kappa shape index (κ3) is 7.37. The SMILES string of the molecule is O=C(CCNC(=O)Nc1cccc2ccccc12)NCCc1ccc(NC(=O)c2ccccn2)c(Br)c1. The van der Waals surface area contributed by atoms with E-state index in [0.29, 0.717) is 30.0 Å². The Balaban J connectivity index is 1.17. The Kier molecular flexibility index (Phi) is 8.83. The Morgan fingerprint density at radius 3 is 2.41 bits per heavy atom. The Morgan fingerprint density at radius 2 is 1.59 bits per heavy atom. The van der Waals surface area contributed by atoms with Crippen LogP contribution in [0.25, 0.3) is 10.8 Å². The molecule has 4 aromatic rings. The lowest BCUT2D eigenvalue weighted by Crippen LogP contribution is -2.34. The second-order valence-corrected chi connectivity index (χ2v) is 9.10. The second-order valence-electron chi connectivity index (χ2n) is 8.24. The molecule has 9 heteroatoms. The number of pyridine rings is 1. The highest BCUT2D eigenvalue weighted by atomic mass is 79.9. The number of carbonyl (C=O) groups is 3. The van der Waals surface area contributed by atoms with Crippen molar-refractivity contribution in [2.45, 2.75) is 12.8 Å². The zero-order chi connectivity index (χ0) is 26.0. The number of benzene rings is 3. The molecule has 0 saturated heterocycles. The van der Waals surface area contributed by atoms with Crippen molar-refractivity contribution in [3.05, 3.63) is 101 Å². The Bertz CT molecular complexity index is 1410. The summed E-state index contributed by atoms with van der Waals surface area (Å²) in [5, 5.41) is 13.2. The maximum absolute atomic E-state index is 12.3. The molecule has 37 heavy (non-hydrogen) atoms. The monoisotopic (exact) mass is 559 g/mol. The smallest absolute Gasteiger partial charge is 0.319 e. The largest absolute Gasteiger partial charge is 0.356 e. The van der Waals surface area contributed by atoms with Gasteiger partial charge in [0.2, 0.25) is 5.91 Å². The summed E-state index contributed by atoms with van der Waals surface area (Å²) in [5.41, 5.74) is 2.68. The maximum Gasteiger partial charge on any atom is 0.319 e. The lowest BCUT2D eigenvalue weighted by atomic mass is 10.1. The second kappa shape index (κ2) is 12.6. The number of aromatic nitrogens is 1. The minimum atomic E-state index is -0.357. The molecule has 0 unspecified atom stereocenters. The fraction of sp³-hybridized carbons (Fsp3) is 0.143. The Labute approximate surface area is 223 Å². The van der Waals surface area contributed by atoms with Gasteiger partial charge in [0.05, 0.1) is 11.4 Å². The molecule has 0 aliphatic carbocycles. The number of hydrogen-bond acceptors (Lipinski definition) is 4. The summed E-state index contributed by atoms with van der Waals surface area (Å²) in [4.78, 5) is 40.8. The van der Waals surface area contributed by atoms with Gasteiger partial charge in [-0.05, 0) is 63.6 Å². The van der Waals surface area contributed by atoms with Crippen molar-refractivity contribution in [1.82, 2.24) is 15.6 Å². The minimum absolute atomic E-state index is 0.149. The standard InChI is InChI=1S/C28H26BrN5O3/c29-22-18-19(11-12-24(22)33-27(36)25-9-3-4-15-30-25)13-16-31-26(35)14-17-32-28(37)34-23-10-5-7-20-6-1-2-8-21(20)23/h1-12,15,18H,13-14,16-17H2,(H,31,35)(H,33,36)(H2,32,34,37). The molecule has 3 aromatic carbocycles. The average Bonchev–Trinajstić information content (AvgIpc) is 2.91. The zero-order valence-corrected chi connectivity index (χ0v) is 21.5. The van der Waals surface area contributed by atoms with Crippen LogP contribution in [-0.4, -0.2) is 35.9 Å². The van der Waals surface area contributed by atoms with Crippen LogP contribution in [0, 0.1) is 0 Å². The van der Waals surface area contributed by atoms with Gasteiger partial charge < -0.3 is 21.3 Å². The normalized spacial score (nSPS) is 10.5. The lowest BCUT2D eigenvalue weighted by Gasteiger charge is -2.11.